The van der Waals surface area contributed by atoms with E-state index >= 15 is 0 Å². The minimum Gasteiger partial charge on any atom is -0.491 e. The van der Waals surface area contributed by atoms with Gasteiger partial charge in [0.15, 0.2) is 0 Å². The molecular weight excluding hydrogens is 346 g/mol. The second kappa shape index (κ2) is 10.6. The van der Waals surface area contributed by atoms with E-state index in [-0.39, 0.29) is 12.4 Å². The molecule has 0 radical (unpaired) electrons. The quantitative estimate of drug-likeness (QED) is 0.790. The molecule has 1 aliphatic heterocycles. The van der Waals surface area contributed by atoms with Crippen molar-refractivity contribution in [2.75, 3.05) is 26.2 Å². The largest absolute Gasteiger partial charge is 0.491 e. The van der Waals surface area contributed by atoms with E-state index in [2.05, 4.69) is 42.2 Å². The minimum atomic E-state index is -0.438. The van der Waals surface area contributed by atoms with Gasteiger partial charge in [-0.2, -0.15) is 0 Å². The second-order valence-electron chi connectivity index (χ2n) is 7.21. The Labute approximate surface area is 163 Å². The molecule has 142 valence electrons. The molecule has 1 aliphatic rings. The SMILES string of the molecule is Cc1ccc(OCC(O)CN2CCC(Cc3ccccc3)CC2)cc1.Cl. The first kappa shape index (κ1) is 20.8. The fourth-order valence-electron chi connectivity index (χ4n) is 3.50. The molecule has 1 saturated heterocycles. The first-order valence-corrected chi connectivity index (χ1v) is 9.33. The number of aliphatic hydroxyl groups is 1. The molecule has 1 heterocycles. The Balaban J connectivity index is 0.00000243. The second-order valence-corrected chi connectivity index (χ2v) is 7.21. The molecule has 26 heavy (non-hydrogen) atoms. The molecule has 4 heteroatoms. The lowest BCUT2D eigenvalue weighted by molar-refractivity contribution is 0.0550. The van der Waals surface area contributed by atoms with Crippen molar-refractivity contribution in [2.24, 2.45) is 5.92 Å². The van der Waals surface area contributed by atoms with Gasteiger partial charge in [-0.1, -0.05) is 48.0 Å². The molecule has 1 N–H and O–H groups in total. The number of aliphatic hydroxyl groups excluding tert-OH is 1. The van der Waals surface area contributed by atoms with E-state index in [1.165, 1.54) is 30.4 Å². The number of hydrogen-bond acceptors (Lipinski definition) is 3. The molecule has 1 unspecified atom stereocenters. The molecule has 0 spiro atoms. The van der Waals surface area contributed by atoms with Gasteiger partial charge in [-0.05, 0) is 62.9 Å². The van der Waals surface area contributed by atoms with Crippen LogP contribution in [0, 0.1) is 12.8 Å². The zero-order valence-electron chi connectivity index (χ0n) is 15.5. The number of halogens is 1. The van der Waals surface area contributed by atoms with Crippen molar-refractivity contribution in [3.8, 4) is 5.75 Å². The lowest BCUT2D eigenvalue weighted by Gasteiger charge is -2.33. The first-order valence-electron chi connectivity index (χ1n) is 9.33. The van der Waals surface area contributed by atoms with Crippen LogP contribution < -0.4 is 4.74 Å². The summed E-state index contributed by atoms with van der Waals surface area (Å²) in [4.78, 5) is 2.37. The topological polar surface area (TPSA) is 32.7 Å². The predicted molar refractivity (Wildman–Crippen MR) is 109 cm³/mol. The summed E-state index contributed by atoms with van der Waals surface area (Å²) in [5, 5.41) is 10.3. The van der Waals surface area contributed by atoms with E-state index in [0.29, 0.717) is 13.2 Å². The highest BCUT2D eigenvalue weighted by Crippen LogP contribution is 2.22. The Morgan fingerprint density at radius 3 is 2.35 bits per heavy atom. The molecule has 0 saturated carbocycles. The summed E-state index contributed by atoms with van der Waals surface area (Å²) < 4.78 is 5.69. The number of benzene rings is 2. The normalized spacial score (nSPS) is 16.7. The minimum absolute atomic E-state index is 0. The standard InChI is InChI=1S/C22H29NO2.ClH/c1-18-7-9-22(10-8-18)25-17-21(24)16-23-13-11-20(12-14-23)15-19-5-3-2-4-6-19;/h2-10,20-21,24H,11-17H2,1H3;1H. The lowest BCUT2D eigenvalue weighted by atomic mass is 9.90. The Morgan fingerprint density at radius 2 is 1.69 bits per heavy atom. The monoisotopic (exact) mass is 375 g/mol. The van der Waals surface area contributed by atoms with Crippen LogP contribution in [-0.2, 0) is 6.42 Å². The van der Waals surface area contributed by atoms with Crippen LogP contribution in [0.2, 0.25) is 0 Å². The summed E-state index contributed by atoms with van der Waals surface area (Å²) in [5.41, 5.74) is 2.65. The summed E-state index contributed by atoms with van der Waals surface area (Å²) in [6, 6.07) is 18.7. The summed E-state index contributed by atoms with van der Waals surface area (Å²) in [7, 11) is 0. The Morgan fingerprint density at radius 1 is 1.04 bits per heavy atom. The molecule has 1 fully saturated rings. The van der Waals surface area contributed by atoms with Crippen LogP contribution in [0.25, 0.3) is 0 Å². The van der Waals surface area contributed by atoms with Gasteiger partial charge >= 0.3 is 0 Å². The number of rotatable bonds is 7. The van der Waals surface area contributed by atoms with Crippen molar-refractivity contribution < 1.29 is 9.84 Å². The van der Waals surface area contributed by atoms with Gasteiger partial charge in [0.05, 0.1) is 0 Å². The van der Waals surface area contributed by atoms with Crippen LogP contribution in [0.15, 0.2) is 54.6 Å². The zero-order chi connectivity index (χ0) is 17.5. The van der Waals surface area contributed by atoms with Crippen LogP contribution in [0.3, 0.4) is 0 Å². The molecule has 2 aromatic carbocycles. The number of β-amino-alcohol motifs (C(OH)–C–C–N with tert-alkyl or cyclic N) is 1. The number of nitrogens with zero attached hydrogens (tertiary/aromatic N) is 1. The number of hydrogen-bond donors (Lipinski definition) is 1. The van der Waals surface area contributed by atoms with Gasteiger partial charge in [-0.15, -0.1) is 12.4 Å². The van der Waals surface area contributed by atoms with Crippen molar-refractivity contribution in [1.29, 1.82) is 0 Å². The van der Waals surface area contributed by atoms with Gasteiger partial charge < -0.3 is 14.7 Å². The van der Waals surface area contributed by atoms with E-state index in [1.54, 1.807) is 0 Å². The number of aryl methyl sites for hydroxylation is 1. The maximum Gasteiger partial charge on any atom is 0.119 e. The van der Waals surface area contributed by atoms with Crippen molar-refractivity contribution in [1.82, 2.24) is 4.90 Å². The lowest BCUT2D eigenvalue weighted by Crippen LogP contribution is -2.41. The summed E-state index contributed by atoms with van der Waals surface area (Å²) >= 11 is 0. The zero-order valence-corrected chi connectivity index (χ0v) is 16.3. The molecule has 3 rings (SSSR count). The van der Waals surface area contributed by atoms with Crippen LogP contribution in [0.1, 0.15) is 24.0 Å². The fraction of sp³-hybridized carbons (Fsp3) is 0.455. The molecular formula is C22H30ClNO2. The highest BCUT2D eigenvalue weighted by atomic mass is 35.5. The molecule has 0 aliphatic carbocycles. The van der Waals surface area contributed by atoms with E-state index < -0.39 is 6.10 Å². The van der Waals surface area contributed by atoms with Gasteiger partial charge in [0.2, 0.25) is 0 Å². The van der Waals surface area contributed by atoms with Crippen molar-refractivity contribution in [2.45, 2.75) is 32.3 Å². The third-order valence-corrected chi connectivity index (χ3v) is 5.01. The van der Waals surface area contributed by atoms with Crippen molar-refractivity contribution >= 4 is 12.4 Å². The molecule has 0 amide bonds. The average molecular weight is 376 g/mol. The van der Waals surface area contributed by atoms with Crippen molar-refractivity contribution in [3.05, 3.63) is 65.7 Å². The van der Waals surface area contributed by atoms with Gasteiger partial charge in [-0.25, -0.2) is 0 Å². The van der Waals surface area contributed by atoms with E-state index in [1.807, 2.05) is 24.3 Å². The van der Waals surface area contributed by atoms with Crippen LogP contribution in [0.5, 0.6) is 5.75 Å². The van der Waals surface area contributed by atoms with E-state index in [4.69, 9.17) is 4.74 Å². The highest BCUT2D eigenvalue weighted by molar-refractivity contribution is 5.85. The Kier molecular flexibility index (Phi) is 8.43. The first-order chi connectivity index (χ1) is 12.2. The molecule has 0 bridgehead atoms. The maximum absolute atomic E-state index is 10.3. The Bertz CT molecular complexity index is 624. The number of piperidine rings is 1. The maximum atomic E-state index is 10.3. The van der Waals surface area contributed by atoms with Gasteiger partial charge in [0, 0.05) is 6.54 Å². The van der Waals surface area contributed by atoms with Gasteiger partial charge in [0.1, 0.15) is 18.5 Å². The molecule has 2 aromatic rings. The van der Waals surface area contributed by atoms with E-state index in [9.17, 15) is 5.11 Å². The highest BCUT2D eigenvalue weighted by Gasteiger charge is 2.21. The third-order valence-electron chi connectivity index (χ3n) is 5.01. The Hall–Kier alpha value is -1.55. The molecule has 3 nitrogen and oxygen atoms in total. The molecule has 0 aromatic heterocycles. The summed E-state index contributed by atoms with van der Waals surface area (Å²) in [6.07, 6.45) is 3.15. The average Bonchev–Trinajstić information content (AvgIpc) is 2.64. The van der Waals surface area contributed by atoms with Crippen LogP contribution >= 0.6 is 12.4 Å². The summed E-state index contributed by atoms with van der Waals surface area (Å²) in [5.74, 6) is 1.59. The third kappa shape index (κ3) is 6.64. The van der Waals surface area contributed by atoms with Gasteiger partial charge in [0.25, 0.3) is 0 Å². The number of ether oxygens (including phenoxy) is 1. The smallest absolute Gasteiger partial charge is 0.119 e. The predicted octanol–water partition coefficient (Wildman–Crippen LogP) is 4.11. The fourth-order valence-corrected chi connectivity index (χ4v) is 3.50. The van der Waals surface area contributed by atoms with Gasteiger partial charge in [-0.3, -0.25) is 0 Å². The van der Waals surface area contributed by atoms with Crippen LogP contribution in [0.4, 0.5) is 0 Å². The summed E-state index contributed by atoms with van der Waals surface area (Å²) in [6.45, 7) is 5.25. The number of likely N-dealkylation sites (tertiary alicyclic amines) is 1. The van der Waals surface area contributed by atoms with Crippen LogP contribution in [-0.4, -0.2) is 42.4 Å². The van der Waals surface area contributed by atoms with Crippen molar-refractivity contribution in [3.63, 3.8) is 0 Å². The van der Waals surface area contributed by atoms with E-state index in [0.717, 1.165) is 24.8 Å². The molecule has 1 atom stereocenters.